The molecule has 0 fully saturated rings. The van der Waals surface area contributed by atoms with Gasteiger partial charge in [-0.15, -0.1) is 0 Å². The van der Waals surface area contributed by atoms with Gasteiger partial charge in [0, 0.05) is 5.22 Å². The molecule has 0 radical (unpaired) electrons. The van der Waals surface area contributed by atoms with Gasteiger partial charge in [-0.1, -0.05) is 39.9 Å². The van der Waals surface area contributed by atoms with Gasteiger partial charge in [0.1, 0.15) is 0 Å². The van der Waals surface area contributed by atoms with Crippen molar-refractivity contribution < 1.29 is 8.85 Å². The van der Waals surface area contributed by atoms with Crippen LogP contribution in [0.15, 0.2) is 0 Å². The van der Waals surface area contributed by atoms with E-state index in [1.807, 2.05) is 0 Å². The van der Waals surface area contributed by atoms with Gasteiger partial charge >= 0.3 is 0 Å². The van der Waals surface area contributed by atoms with Crippen molar-refractivity contribution in [3.63, 3.8) is 0 Å². The Hall–Kier alpha value is 0.571. The van der Waals surface area contributed by atoms with E-state index in [0.29, 0.717) is 0 Å². The van der Waals surface area contributed by atoms with Crippen LogP contribution in [0.2, 0.25) is 52.4 Å². The van der Waals surface area contributed by atoms with Crippen molar-refractivity contribution in [2.75, 3.05) is 0 Å². The highest BCUT2D eigenvalue weighted by Gasteiger charge is 2.52. The Morgan fingerprint density at radius 1 is 0.727 bits per heavy atom. The molecule has 0 saturated carbocycles. The van der Waals surface area contributed by atoms with E-state index in [9.17, 15) is 0 Å². The third kappa shape index (κ3) is 5.58. The van der Waals surface area contributed by atoms with Gasteiger partial charge in [-0.2, -0.15) is 0 Å². The standard InChI is InChI=1S/C17H42O2Si3/c1-13-15-17(4,18-21(8,9)10)22(11,12)19-16(3,14-2)20(5,6)7/h13-15H2,1-12H3. The third-order valence-corrected chi connectivity index (χ3v) is 14.2. The van der Waals surface area contributed by atoms with Crippen molar-refractivity contribution in [3.05, 3.63) is 0 Å². The Morgan fingerprint density at radius 2 is 1.18 bits per heavy atom. The Labute approximate surface area is 143 Å². The molecule has 0 rings (SSSR count). The second-order valence-electron chi connectivity index (χ2n) is 9.64. The lowest BCUT2D eigenvalue weighted by Gasteiger charge is -2.52. The molecule has 22 heavy (non-hydrogen) atoms. The lowest BCUT2D eigenvalue weighted by atomic mass is 10.2. The maximum absolute atomic E-state index is 7.00. The molecule has 0 heterocycles. The minimum absolute atomic E-state index is 0.0283. The Kier molecular flexibility index (Phi) is 7.40. The first-order valence-electron chi connectivity index (χ1n) is 8.94. The van der Waals surface area contributed by atoms with Crippen LogP contribution in [0.3, 0.4) is 0 Å². The van der Waals surface area contributed by atoms with Crippen LogP contribution in [0.5, 0.6) is 0 Å². The fraction of sp³-hybridized carbons (Fsp3) is 1.00. The van der Waals surface area contributed by atoms with E-state index >= 15 is 0 Å². The van der Waals surface area contributed by atoms with Crippen LogP contribution in [-0.4, -0.2) is 35.2 Å². The monoisotopic (exact) mass is 362 g/mol. The summed E-state index contributed by atoms with van der Waals surface area (Å²) in [7, 11) is -5.02. The summed E-state index contributed by atoms with van der Waals surface area (Å²) in [5, 5.41) is -0.0666. The number of hydrogen-bond acceptors (Lipinski definition) is 2. The zero-order valence-corrected chi connectivity index (χ0v) is 20.4. The van der Waals surface area contributed by atoms with Crippen LogP contribution in [0.1, 0.15) is 47.0 Å². The summed E-state index contributed by atoms with van der Waals surface area (Å²) in [6.07, 6.45) is 3.34. The molecule has 0 aromatic heterocycles. The van der Waals surface area contributed by atoms with Crippen LogP contribution in [-0.2, 0) is 8.85 Å². The zero-order valence-electron chi connectivity index (χ0n) is 17.4. The summed E-state index contributed by atoms with van der Waals surface area (Å²) in [4.78, 5) is 0. The summed E-state index contributed by atoms with van der Waals surface area (Å²) in [5.74, 6) is 0. The minimum atomic E-state index is -2.01. The van der Waals surface area contributed by atoms with Gasteiger partial charge in [0.15, 0.2) is 8.32 Å². The van der Waals surface area contributed by atoms with E-state index in [0.717, 1.165) is 19.3 Å². The summed E-state index contributed by atoms with van der Waals surface area (Å²) in [6.45, 7) is 28.1. The minimum Gasteiger partial charge on any atom is -0.412 e. The second kappa shape index (κ2) is 7.21. The van der Waals surface area contributed by atoms with Crippen molar-refractivity contribution in [3.8, 4) is 0 Å². The van der Waals surface area contributed by atoms with Gasteiger partial charge in [0.25, 0.3) is 0 Å². The highest BCUT2D eigenvalue weighted by molar-refractivity contribution is 6.82. The highest BCUT2D eigenvalue weighted by atomic mass is 28.4. The maximum Gasteiger partial charge on any atom is 0.216 e. The van der Waals surface area contributed by atoms with Crippen molar-refractivity contribution >= 4 is 24.7 Å². The average molecular weight is 363 g/mol. The first kappa shape index (κ1) is 22.6. The summed E-state index contributed by atoms with van der Waals surface area (Å²) in [5.41, 5.74) is 0. The predicted octanol–water partition coefficient (Wildman–Crippen LogP) is 6.20. The smallest absolute Gasteiger partial charge is 0.216 e. The van der Waals surface area contributed by atoms with E-state index in [1.165, 1.54) is 0 Å². The summed E-state index contributed by atoms with van der Waals surface area (Å²) < 4.78 is 13.7. The van der Waals surface area contributed by atoms with E-state index in [2.05, 4.69) is 80.1 Å². The Bertz CT molecular complexity index is 358. The fourth-order valence-corrected chi connectivity index (χ4v) is 11.8. The Balaban J connectivity index is 5.63. The molecule has 0 amide bonds. The molecular weight excluding hydrogens is 320 g/mol. The second-order valence-corrected chi connectivity index (χ2v) is 23.9. The van der Waals surface area contributed by atoms with Crippen LogP contribution < -0.4 is 0 Å². The lowest BCUT2D eigenvalue weighted by molar-refractivity contribution is 0.0734. The zero-order chi connectivity index (χ0) is 18.0. The van der Waals surface area contributed by atoms with Gasteiger partial charge in [-0.05, 0) is 59.4 Å². The molecule has 2 nitrogen and oxygen atoms in total. The topological polar surface area (TPSA) is 18.5 Å². The van der Waals surface area contributed by atoms with Crippen LogP contribution in [0, 0.1) is 0 Å². The molecule has 0 bridgehead atoms. The number of rotatable bonds is 9. The molecule has 2 unspecified atom stereocenters. The molecule has 0 saturated heterocycles. The molecule has 0 aliphatic heterocycles. The molecule has 0 aliphatic carbocycles. The number of hydrogen-bond donors (Lipinski definition) is 0. The van der Waals surface area contributed by atoms with Crippen molar-refractivity contribution in [1.29, 1.82) is 0 Å². The summed E-state index contributed by atoms with van der Waals surface area (Å²) in [6, 6.07) is 0. The predicted molar refractivity (Wildman–Crippen MR) is 108 cm³/mol. The normalized spacial score (nSPS) is 19.6. The van der Waals surface area contributed by atoms with Crippen molar-refractivity contribution in [2.45, 2.75) is 110 Å². The van der Waals surface area contributed by atoms with Gasteiger partial charge in [-0.25, -0.2) is 0 Å². The van der Waals surface area contributed by atoms with Crippen molar-refractivity contribution in [2.24, 2.45) is 0 Å². The average Bonchev–Trinajstić information content (AvgIpc) is 2.24. The van der Waals surface area contributed by atoms with Crippen molar-refractivity contribution in [1.82, 2.24) is 0 Å². The first-order valence-corrected chi connectivity index (χ1v) is 18.8. The highest BCUT2D eigenvalue weighted by Crippen LogP contribution is 2.39. The van der Waals surface area contributed by atoms with Crippen LogP contribution in [0.25, 0.3) is 0 Å². The first-order chi connectivity index (χ1) is 9.54. The molecule has 0 aliphatic rings. The molecular formula is C17H42O2Si3. The van der Waals surface area contributed by atoms with Gasteiger partial charge < -0.3 is 8.85 Å². The van der Waals surface area contributed by atoms with E-state index in [-0.39, 0.29) is 10.4 Å². The molecule has 0 aromatic rings. The van der Waals surface area contributed by atoms with E-state index < -0.39 is 24.7 Å². The fourth-order valence-electron chi connectivity index (χ4n) is 3.05. The van der Waals surface area contributed by atoms with Crippen LogP contribution in [0.4, 0.5) is 0 Å². The SMILES string of the molecule is CCCC(C)(O[Si](C)(C)C)[Si](C)(C)OC(C)(CC)[Si](C)(C)C. The Morgan fingerprint density at radius 3 is 1.45 bits per heavy atom. The van der Waals surface area contributed by atoms with E-state index in [1.54, 1.807) is 0 Å². The van der Waals surface area contributed by atoms with E-state index in [4.69, 9.17) is 8.85 Å². The molecule has 0 aromatic carbocycles. The lowest BCUT2D eigenvalue weighted by Crippen LogP contribution is -2.66. The molecule has 134 valence electrons. The van der Waals surface area contributed by atoms with Gasteiger partial charge in [0.2, 0.25) is 8.32 Å². The largest absolute Gasteiger partial charge is 0.412 e. The molecule has 0 N–H and O–H groups in total. The molecule has 0 spiro atoms. The van der Waals surface area contributed by atoms with Crippen LogP contribution >= 0.6 is 0 Å². The molecule has 2 atom stereocenters. The molecule has 5 heteroatoms. The summed E-state index contributed by atoms with van der Waals surface area (Å²) >= 11 is 0. The maximum atomic E-state index is 7.00. The van der Waals surface area contributed by atoms with Gasteiger partial charge in [0.05, 0.1) is 13.3 Å². The quantitative estimate of drug-likeness (QED) is 0.454. The van der Waals surface area contributed by atoms with Gasteiger partial charge in [-0.3, -0.25) is 0 Å². The third-order valence-electron chi connectivity index (χ3n) is 5.27.